The van der Waals surface area contributed by atoms with Crippen molar-refractivity contribution in [2.45, 2.75) is 0 Å². The fourth-order valence-corrected chi connectivity index (χ4v) is 2.40. The third kappa shape index (κ3) is 15.2. The van der Waals surface area contributed by atoms with E-state index in [2.05, 4.69) is 10.6 Å². The van der Waals surface area contributed by atoms with Gasteiger partial charge in [0.05, 0.1) is 32.7 Å². The second-order valence-corrected chi connectivity index (χ2v) is 6.23. The van der Waals surface area contributed by atoms with Crippen LogP contribution < -0.4 is 10.6 Å². The minimum absolute atomic E-state index is 0. The Morgan fingerprint density at radius 3 is 1.10 bits per heavy atom. The van der Waals surface area contributed by atoms with E-state index in [1.165, 1.54) is 28.8 Å². The molecule has 0 aliphatic rings. The van der Waals surface area contributed by atoms with Gasteiger partial charge in [-0.3, -0.25) is 38.7 Å². The zero-order valence-electron chi connectivity index (χ0n) is 17.1. The first-order valence-electron chi connectivity index (χ1n) is 8.81. The van der Waals surface area contributed by atoms with Crippen LogP contribution in [0.1, 0.15) is 0 Å². The maximum Gasteiger partial charge on any atom is 0.317 e. The molecule has 0 spiro atoms. The lowest BCUT2D eigenvalue weighted by Gasteiger charge is -2.27. The number of nitrogens with one attached hydrogen (secondary N) is 2. The molecule has 0 saturated heterocycles. The van der Waals surface area contributed by atoms with Gasteiger partial charge in [-0.05, 0) is 0 Å². The average molecular weight is 437 g/mol. The van der Waals surface area contributed by atoms with Crippen molar-refractivity contribution >= 4 is 29.7 Å². The molecule has 7 N–H and O–H groups in total. The van der Waals surface area contributed by atoms with Crippen LogP contribution in [0.3, 0.4) is 0 Å². The summed E-state index contributed by atoms with van der Waals surface area (Å²) in [6, 6.07) is 0. The van der Waals surface area contributed by atoms with Crippen LogP contribution in [0.2, 0.25) is 0 Å². The SMILES string of the molecule is CNC(=O)CN(CCN(CCN(CC(=O)O)CC(=O)NC)CC(=O)O)CC(=O)O.O. The van der Waals surface area contributed by atoms with Crippen LogP contribution in [0.5, 0.6) is 0 Å². The van der Waals surface area contributed by atoms with Gasteiger partial charge in [0.15, 0.2) is 0 Å². The van der Waals surface area contributed by atoms with Crippen molar-refractivity contribution < 1.29 is 44.8 Å². The van der Waals surface area contributed by atoms with E-state index in [1.807, 2.05) is 0 Å². The standard InChI is InChI=1S/C16H29N5O8.H2O/c1-17-12(22)7-20(10-15(26)27)5-3-19(9-14(24)25)4-6-21(11-16(28)29)8-13(23)18-2;/h3-11H2,1-2H3,(H,17,22)(H,18,23)(H,24,25)(H,26,27)(H,28,29);1H2. The van der Waals surface area contributed by atoms with Gasteiger partial charge in [0.2, 0.25) is 11.8 Å². The Balaban J connectivity index is 0. The van der Waals surface area contributed by atoms with Crippen LogP contribution >= 0.6 is 0 Å². The normalized spacial score (nSPS) is 10.6. The molecular formula is C16H31N5O9. The van der Waals surface area contributed by atoms with Crippen molar-refractivity contribution in [3.8, 4) is 0 Å². The van der Waals surface area contributed by atoms with E-state index in [0.717, 1.165) is 0 Å². The molecule has 0 heterocycles. The molecule has 0 fully saturated rings. The van der Waals surface area contributed by atoms with Gasteiger partial charge < -0.3 is 31.4 Å². The maximum atomic E-state index is 11.5. The number of nitrogens with zero attached hydrogens (tertiary/aromatic N) is 3. The van der Waals surface area contributed by atoms with Gasteiger partial charge in [-0.1, -0.05) is 0 Å². The summed E-state index contributed by atoms with van der Waals surface area (Å²) in [5.41, 5.74) is 0. The van der Waals surface area contributed by atoms with Gasteiger partial charge in [0.25, 0.3) is 0 Å². The van der Waals surface area contributed by atoms with Crippen LogP contribution in [0.25, 0.3) is 0 Å². The Morgan fingerprint density at radius 2 is 0.833 bits per heavy atom. The molecule has 0 aliphatic heterocycles. The number of hydrogen-bond acceptors (Lipinski definition) is 8. The molecule has 0 atom stereocenters. The molecular weight excluding hydrogens is 406 g/mol. The molecule has 0 aromatic heterocycles. The maximum absolute atomic E-state index is 11.5. The predicted octanol–water partition coefficient (Wildman–Crippen LogP) is -4.19. The van der Waals surface area contributed by atoms with Gasteiger partial charge in [-0.25, -0.2) is 0 Å². The lowest BCUT2D eigenvalue weighted by Crippen LogP contribution is -2.46. The lowest BCUT2D eigenvalue weighted by molar-refractivity contribution is -0.141. The van der Waals surface area contributed by atoms with Crippen molar-refractivity contribution in [3.63, 3.8) is 0 Å². The Hall–Kier alpha value is -2.81. The number of carboxylic acid groups (broad SMARTS) is 3. The molecule has 0 rings (SSSR count). The Bertz CT molecular complexity index is 545. The molecule has 174 valence electrons. The average Bonchev–Trinajstić information content (AvgIpc) is 2.61. The minimum atomic E-state index is -1.13. The Kier molecular flexibility index (Phi) is 15.7. The van der Waals surface area contributed by atoms with Crippen LogP contribution in [0.4, 0.5) is 0 Å². The zero-order valence-corrected chi connectivity index (χ0v) is 17.1. The van der Waals surface area contributed by atoms with E-state index in [-0.39, 0.29) is 63.1 Å². The molecule has 14 heteroatoms. The smallest absolute Gasteiger partial charge is 0.317 e. The fourth-order valence-electron chi connectivity index (χ4n) is 2.40. The molecule has 0 aliphatic carbocycles. The van der Waals surface area contributed by atoms with Crippen molar-refractivity contribution in [2.24, 2.45) is 0 Å². The molecule has 0 bridgehead atoms. The second kappa shape index (κ2) is 16.0. The highest BCUT2D eigenvalue weighted by Gasteiger charge is 2.19. The lowest BCUT2D eigenvalue weighted by atomic mass is 10.3. The van der Waals surface area contributed by atoms with E-state index in [9.17, 15) is 24.0 Å². The molecule has 0 aromatic rings. The zero-order chi connectivity index (χ0) is 22.4. The number of aliphatic carboxylic acids is 3. The topological polar surface area (TPSA) is 211 Å². The molecule has 30 heavy (non-hydrogen) atoms. The summed E-state index contributed by atoms with van der Waals surface area (Å²) in [6.45, 7) is -0.969. The number of likely N-dealkylation sites (N-methyl/N-ethyl adjacent to an activating group) is 2. The number of amides is 2. The van der Waals surface area contributed by atoms with E-state index in [4.69, 9.17) is 15.3 Å². The number of carboxylic acids is 3. The minimum Gasteiger partial charge on any atom is -0.480 e. The van der Waals surface area contributed by atoms with Gasteiger partial charge in [0.1, 0.15) is 0 Å². The van der Waals surface area contributed by atoms with Crippen LogP contribution in [-0.2, 0) is 24.0 Å². The molecule has 14 nitrogen and oxygen atoms in total. The highest BCUT2D eigenvalue weighted by atomic mass is 16.4. The van der Waals surface area contributed by atoms with Gasteiger partial charge >= 0.3 is 17.9 Å². The van der Waals surface area contributed by atoms with Gasteiger partial charge in [-0.2, -0.15) is 0 Å². The summed E-state index contributed by atoms with van der Waals surface area (Å²) in [7, 11) is 2.84. The molecule has 0 aromatic carbocycles. The van der Waals surface area contributed by atoms with Crippen LogP contribution in [0.15, 0.2) is 0 Å². The Labute approximate surface area is 173 Å². The first-order chi connectivity index (χ1) is 13.6. The van der Waals surface area contributed by atoms with E-state index >= 15 is 0 Å². The van der Waals surface area contributed by atoms with E-state index in [1.54, 1.807) is 0 Å². The van der Waals surface area contributed by atoms with Gasteiger partial charge in [0, 0.05) is 40.3 Å². The quantitative estimate of drug-likeness (QED) is 0.156. The summed E-state index contributed by atoms with van der Waals surface area (Å²) in [6.07, 6.45) is 0. The highest BCUT2D eigenvalue weighted by Crippen LogP contribution is 1.97. The molecule has 0 unspecified atom stereocenters. The van der Waals surface area contributed by atoms with Crippen molar-refractivity contribution in [1.29, 1.82) is 0 Å². The number of hydrogen-bond donors (Lipinski definition) is 5. The van der Waals surface area contributed by atoms with Crippen molar-refractivity contribution in [3.05, 3.63) is 0 Å². The van der Waals surface area contributed by atoms with E-state index < -0.39 is 31.0 Å². The van der Waals surface area contributed by atoms with Crippen molar-refractivity contribution in [1.82, 2.24) is 25.3 Å². The second-order valence-electron chi connectivity index (χ2n) is 6.23. The predicted molar refractivity (Wildman–Crippen MR) is 104 cm³/mol. The largest absolute Gasteiger partial charge is 0.480 e. The summed E-state index contributed by atoms with van der Waals surface area (Å²) in [5, 5.41) is 31.8. The summed E-state index contributed by atoms with van der Waals surface area (Å²) < 4.78 is 0. The highest BCUT2D eigenvalue weighted by molar-refractivity contribution is 5.79. The van der Waals surface area contributed by atoms with Gasteiger partial charge in [-0.15, -0.1) is 0 Å². The first kappa shape index (κ1) is 29.4. The van der Waals surface area contributed by atoms with Crippen LogP contribution in [0, 0.1) is 0 Å². The summed E-state index contributed by atoms with van der Waals surface area (Å²) in [4.78, 5) is 60.3. The molecule has 0 saturated carbocycles. The summed E-state index contributed by atoms with van der Waals surface area (Å²) in [5.74, 6) is -4.13. The third-order valence-corrected chi connectivity index (χ3v) is 3.83. The van der Waals surface area contributed by atoms with E-state index in [0.29, 0.717) is 0 Å². The molecule has 2 amide bonds. The van der Waals surface area contributed by atoms with Crippen LogP contribution in [-0.4, -0.2) is 138 Å². The molecule has 0 radical (unpaired) electrons. The monoisotopic (exact) mass is 437 g/mol. The number of rotatable bonds is 16. The summed E-state index contributed by atoms with van der Waals surface area (Å²) >= 11 is 0. The first-order valence-corrected chi connectivity index (χ1v) is 8.81. The number of carbonyl (C=O) groups is 5. The third-order valence-electron chi connectivity index (χ3n) is 3.83. The number of carbonyl (C=O) groups excluding carboxylic acids is 2. The fraction of sp³-hybridized carbons (Fsp3) is 0.688. The van der Waals surface area contributed by atoms with Crippen molar-refractivity contribution in [2.75, 3.05) is 73.0 Å². The Morgan fingerprint density at radius 1 is 0.567 bits per heavy atom.